The van der Waals surface area contributed by atoms with Gasteiger partial charge in [-0.25, -0.2) is 4.39 Å². The molecule has 5 heteroatoms. The van der Waals surface area contributed by atoms with Crippen LogP contribution in [0.2, 0.25) is 0 Å². The lowest BCUT2D eigenvalue weighted by Crippen LogP contribution is -2.46. The molecule has 0 radical (unpaired) electrons. The smallest absolute Gasteiger partial charge is 0.124 e. The zero-order valence-electron chi connectivity index (χ0n) is 14.6. The van der Waals surface area contributed by atoms with Crippen molar-refractivity contribution in [2.45, 2.75) is 50.9 Å². The molecule has 2 N–H and O–H groups in total. The number of halogens is 2. The molecule has 3 nitrogen and oxygen atoms in total. The van der Waals surface area contributed by atoms with Crippen molar-refractivity contribution >= 4 is 21.6 Å². The molecule has 25 heavy (non-hydrogen) atoms. The van der Waals surface area contributed by atoms with E-state index in [4.69, 9.17) is 5.73 Å². The van der Waals surface area contributed by atoms with Gasteiger partial charge < -0.3 is 5.73 Å². The summed E-state index contributed by atoms with van der Waals surface area (Å²) >= 11 is 3.46. The van der Waals surface area contributed by atoms with E-state index >= 15 is 0 Å². The van der Waals surface area contributed by atoms with Gasteiger partial charge in [0.1, 0.15) is 5.67 Å². The number of benzene rings is 1. The van der Waals surface area contributed by atoms with Gasteiger partial charge in [0.2, 0.25) is 0 Å². The van der Waals surface area contributed by atoms with Crippen LogP contribution in [-0.4, -0.2) is 28.1 Å². The molecule has 2 heterocycles. The van der Waals surface area contributed by atoms with E-state index in [0.29, 0.717) is 19.4 Å². The molecule has 1 aromatic heterocycles. The van der Waals surface area contributed by atoms with Crippen LogP contribution in [0.5, 0.6) is 0 Å². The molecule has 2 aliphatic rings. The van der Waals surface area contributed by atoms with Gasteiger partial charge in [0.25, 0.3) is 0 Å². The third-order valence-electron chi connectivity index (χ3n) is 5.66. The maximum atomic E-state index is 14.6. The van der Waals surface area contributed by atoms with Crippen LogP contribution in [0, 0.1) is 6.92 Å². The van der Waals surface area contributed by atoms with E-state index in [9.17, 15) is 4.39 Å². The van der Waals surface area contributed by atoms with Crippen molar-refractivity contribution in [1.29, 1.82) is 0 Å². The van der Waals surface area contributed by atoms with Crippen molar-refractivity contribution in [3.8, 4) is 0 Å². The van der Waals surface area contributed by atoms with Gasteiger partial charge in [-0.3, -0.25) is 9.88 Å². The first kappa shape index (κ1) is 17.0. The second-order valence-electron chi connectivity index (χ2n) is 7.53. The number of aromatic nitrogens is 1. The van der Waals surface area contributed by atoms with Crippen LogP contribution >= 0.6 is 15.9 Å². The number of hydrogen-bond acceptors (Lipinski definition) is 3. The second kappa shape index (κ2) is 6.06. The molecular formula is C20H23BrFN3. The molecule has 2 aromatic rings. The van der Waals surface area contributed by atoms with Crippen molar-refractivity contribution in [3.05, 3.63) is 57.3 Å². The summed E-state index contributed by atoms with van der Waals surface area (Å²) in [5.41, 5.74) is 10.6. The fraction of sp³-hybridized carbons (Fsp3) is 0.450. The Hall–Kier alpha value is -1.46. The fourth-order valence-corrected chi connectivity index (χ4v) is 4.15. The predicted molar refractivity (Wildman–Crippen MR) is 102 cm³/mol. The SMILES string of the molecule is Cc1c(N)ccc2c1C[C@@H](C)N(CC1(F)CC1)[C@@H]2c1ccc(Br)cn1. The van der Waals surface area contributed by atoms with E-state index in [1.165, 1.54) is 11.1 Å². The molecule has 1 fully saturated rings. The van der Waals surface area contributed by atoms with E-state index in [1.807, 2.05) is 24.4 Å². The number of nitrogens with two attached hydrogens (primary N) is 1. The Balaban J connectivity index is 1.84. The number of nitrogen functional groups attached to an aromatic ring is 1. The number of pyridine rings is 1. The summed E-state index contributed by atoms with van der Waals surface area (Å²) in [5, 5.41) is 0. The third kappa shape index (κ3) is 3.08. The first-order valence-electron chi connectivity index (χ1n) is 8.82. The maximum Gasteiger partial charge on any atom is 0.124 e. The highest BCUT2D eigenvalue weighted by atomic mass is 79.9. The maximum absolute atomic E-state index is 14.6. The quantitative estimate of drug-likeness (QED) is 0.762. The Kier molecular flexibility index (Phi) is 4.12. The molecule has 1 aliphatic heterocycles. The topological polar surface area (TPSA) is 42.1 Å². The largest absolute Gasteiger partial charge is 0.399 e. The summed E-state index contributed by atoms with van der Waals surface area (Å²) in [7, 11) is 0. The van der Waals surface area contributed by atoms with Gasteiger partial charge in [-0.2, -0.15) is 0 Å². The van der Waals surface area contributed by atoms with Crippen LogP contribution in [-0.2, 0) is 6.42 Å². The summed E-state index contributed by atoms with van der Waals surface area (Å²) in [6.45, 7) is 4.74. The van der Waals surface area contributed by atoms with Gasteiger partial charge in [0, 0.05) is 28.9 Å². The van der Waals surface area contributed by atoms with Gasteiger partial charge in [-0.1, -0.05) is 6.07 Å². The van der Waals surface area contributed by atoms with E-state index < -0.39 is 5.67 Å². The zero-order chi connectivity index (χ0) is 17.8. The zero-order valence-corrected chi connectivity index (χ0v) is 16.2. The lowest BCUT2D eigenvalue weighted by molar-refractivity contribution is 0.0963. The predicted octanol–water partition coefficient (Wildman–Crippen LogP) is 4.57. The highest BCUT2D eigenvalue weighted by Gasteiger charge is 2.48. The highest BCUT2D eigenvalue weighted by molar-refractivity contribution is 9.10. The van der Waals surface area contributed by atoms with E-state index in [-0.39, 0.29) is 12.1 Å². The van der Waals surface area contributed by atoms with Gasteiger partial charge >= 0.3 is 0 Å². The molecule has 0 unspecified atom stereocenters. The number of hydrogen-bond donors (Lipinski definition) is 1. The minimum Gasteiger partial charge on any atom is -0.399 e. The third-order valence-corrected chi connectivity index (χ3v) is 6.13. The van der Waals surface area contributed by atoms with Crippen LogP contribution in [0.4, 0.5) is 10.1 Å². The molecule has 0 spiro atoms. The van der Waals surface area contributed by atoms with Crippen LogP contribution in [0.25, 0.3) is 0 Å². The van der Waals surface area contributed by atoms with Crippen molar-refractivity contribution < 1.29 is 4.39 Å². The average molecular weight is 404 g/mol. The van der Waals surface area contributed by atoms with Crippen LogP contribution < -0.4 is 5.73 Å². The highest BCUT2D eigenvalue weighted by Crippen LogP contribution is 2.46. The summed E-state index contributed by atoms with van der Waals surface area (Å²) in [6, 6.07) is 8.33. The molecule has 2 atom stereocenters. The monoisotopic (exact) mass is 403 g/mol. The Morgan fingerprint density at radius 1 is 1.32 bits per heavy atom. The molecule has 1 aromatic carbocycles. The first-order chi connectivity index (χ1) is 11.9. The molecule has 4 rings (SSSR count). The Morgan fingerprint density at radius 3 is 2.72 bits per heavy atom. The van der Waals surface area contributed by atoms with Gasteiger partial charge in [-0.05, 0) is 83.9 Å². The van der Waals surface area contributed by atoms with Crippen molar-refractivity contribution in [1.82, 2.24) is 9.88 Å². The number of fused-ring (bicyclic) bond motifs is 1. The van der Waals surface area contributed by atoms with Crippen LogP contribution in [0.3, 0.4) is 0 Å². The molecular weight excluding hydrogens is 381 g/mol. The van der Waals surface area contributed by atoms with E-state index in [1.54, 1.807) is 0 Å². The average Bonchev–Trinajstić information content (AvgIpc) is 3.31. The van der Waals surface area contributed by atoms with E-state index in [0.717, 1.165) is 27.8 Å². The molecule has 0 amide bonds. The minimum atomic E-state index is -1.03. The molecule has 0 saturated heterocycles. The van der Waals surface area contributed by atoms with Crippen molar-refractivity contribution in [2.75, 3.05) is 12.3 Å². The molecule has 1 saturated carbocycles. The lowest BCUT2D eigenvalue weighted by atomic mass is 9.83. The minimum absolute atomic E-state index is 0.0284. The first-order valence-corrected chi connectivity index (χ1v) is 9.61. The lowest BCUT2D eigenvalue weighted by Gasteiger charge is -2.43. The van der Waals surface area contributed by atoms with Gasteiger partial charge in [0.05, 0.1) is 11.7 Å². The number of rotatable bonds is 3. The molecule has 132 valence electrons. The van der Waals surface area contributed by atoms with Crippen molar-refractivity contribution in [2.24, 2.45) is 0 Å². The number of alkyl halides is 1. The summed E-state index contributed by atoms with van der Waals surface area (Å²) < 4.78 is 15.6. The molecule has 1 aliphatic carbocycles. The fourth-order valence-electron chi connectivity index (χ4n) is 3.92. The van der Waals surface area contributed by atoms with Crippen LogP contribution in [0.1, 0.15) is 48.2 Å². The number of nitrogens with zero attached hydrogens (tertiary/aromatic N) is 2. The summed E-state index contributed by atoms with van der Waals surface area (Å²) in [6.07, 6.45) is 4.06. The summed E-state index contributed by atoms with van der Waals surface area (Å²) in [4.78, 5) is 6.94. The number of anilines is 1. The van der Waals surface area contributed by atoms with Gasteiger partial charge in [-0.15, -0.1) is 0 Å². The van der Waals surface area contributed by atoms with E-state index in [2.05, 4.69) is 45.7 Å². The second-order valence-corrected chi connectivity index (χ2v) is 8.44. The van der Waals surface area contributed by atoms with Crippen LogP contribution in [0.15, 0.2) is 34.9 Å². The van der Waals surface area contributed by atoms with Crippen molar-refractivity contribution in [3.63, 3.8) is 0 Å². The standard InChI is InChI=1S/C20H23BrFN3/c1-12-9-16-13(2)17(23)5-4-15(16)19(18-6-3-14(21)10-24-18)25(12)11-20(22)7-8-20/h3-6,10,12,19H,7-9,11,23H2,1-2H3/t12-,19+/m1/s1. The Labute approximate surface area is 156 Å². The normalized spacial score (nSPS) is 24.8. The molecule has 0 bridgehead atoms. The Morgan fingerprint density at radius 2 is 2.08 bits per heavy atom. The van der Waals surface area contributed by atoms with Gasteiger partial charge in [0.15, 0.2) is 0 Å². The summed E-state index contributed by atoms with van der Waals surface area (Å²) in [5.74, 6) is 0. The Bertz CT molecular complexity index is 801.